The summed E-state index contributed by atoms with van der Waals surface area (Å²) in [6, 6.07) is 4.53. The summed E-state index contributed by atoms with van der Waals surface area (Å²) < 4.78 is 5.62. The van der Waals surface area contributed by atoms with Gasteiger partial charge in [0.25, 0.3) is 0 Å². The normalized spacial score (nSPS) is 23.3. The highest BCUT2D eigenvalue weighted by Crippen LogP contribution is 2.39. The van der Waals surface area contributed by atoms with Crippen molar-refractivity contribution >= 4 is 11.8 Å². The summed E-state index contributed by atoms with van der Waals surface area (Å²) >= 11 is 1.83. The highest BCUT2D eigenvalue weighted by Gasteiger charge is 2.33. The Morgan fingerprint density at radius 1 is 1.44 bits per heavy atom. The van der Waals surface area contributed by atoms with Crippen molar-refractivity contribution in [2.45, 2.75) is 43.5 Å². The summed E-state index contributed by atoms with van der Waals surface area (Å²) in [5.74, 6) is 1.03. The first-order chi connectivity index (χ1) is 8.64. The molecule has 0 aliphatic carbocycles. The maximum absolute atomic E-state index is 5.62. The molecule has 1 atom stereocenters. The van der Waals surface area contributed by atoms with Crippen molar-refractivity contribution < 1.29 is 4.74 Å². The van der Waals surface area contributed by atoms with Crippen molar-refractivity contribution in [3.63, 3.8) is 0 Å². The molecule has 1 fully saturated rings. The second-order valence-electron chi connectivity index (χ2n) is 5.08. The Hall–Kier alpha value is -0.670. The molecule has 0 aromatic heterocycles. The van der Waals surface area contributed by atoms with E-state index in [4.69, 9.17) is 4.74 Å². The van der Waals surface area contributed by atoms with Gasteiger partial charge in [0.1, 0.15) is 5.75 Å². The molecule has 0 spiro atoms. The van der Waals surface area contributed by atoms with E-state index in [9.17, 15) is 0 Å². The third-order valence-electron chi connectivity index (χ3n) is 3.95. The van der Waals surface area contributed by atoms with Crippen LogP contribution in [0.1, 0.15) is 37.8 Å². The van der Waals surface area contributed by atoms with Crippen molar-refractivity contribution in [3.05, 3.63) is 23.3 Å². The van der Waals surface area contributed by atoms with Crippen LogP contribution in [0.4, 0.5) is 0 Å². The molecule has 18 heavy (non-hydrogen) atoms. The van der Waals surface area contributed by atoms with Crippen LogP contribution < -0.4 is 10.1 Å². The number of aryl methyl sites for hydroxylation is 1. The summed E-state index contributed by atoms with van der Waals surface area (Å²) in [5, 5.41) is 3.62. The lowest BCUT2D eigenvalue weighted by Crippen LogP contribution is -2.33. The first-order valence-electron chi connectivity index (χ1n) is 6.65. The smallest absolute Gasteiger partial charge is 0.124 e. The molecule has 2 nitrogen and oxygen atoms in total. The SMILES string of the molecule is CCc1cc(OC)c(C2(C)CCCN2)cc1SC. The topological polar surface area (TPSA) is 21.3 Å². The van der Waals surface area contributed by atoms with E-state index in [2.05, 4.69) is 37.6 Å². The Morgan fingerprint density at radius 3 is 2.72 bits per heavy atom. The predicted molar refractivity (Wildman–Crippen MR) is 78.7 cm³/mol. The first kappa shape index (κ1) is 13.8. The van der Waals surface area contributed by atoms with Crippen molar-refractivity contribution in [1.82, 2.24) is 5.32 Å². The van der Waals surface area contributed by atoms with E-state index in [0.29, 0.717) is 0 Å². The average molecular weight is 265 g/mol. The van der Waals surface area contributed by atoms with Crippen LogP contribution in [-0.2, 0) is 12.0 Å². The van der Waals surface area contributed by atoms with Crippen molar-refractivity contribution in [2.75, 3.05) is 19.9 Å². The summed E-state index contributed by atoms with van der Waals surface area (Å²) in [6.07, 6.45) is 5.62. The van der Waals surface area contributed by atoms with Crippen molar-refractivity contribution in [1.29, 1.82) is 0 Å². The minimum absolute atomic E-state index is 0.0715. The zero-order chi connectivity index (χ0) is 13.2. The van der Waals surface area contributed by atoms with E-state index in [0.717, 1.165) is 18.7 Å². The quantitative estimate of drug-likeness (QED) is 0.841. The largest absolute Gasteiger partial charge is 0.496 e. The van der Waals surface area contributed by atoms with Gasteiger partial charge < -0.3 is 10.1 Å². The summed E-state index contributed by atoms with van der Waals surface area (Å²) in [5.41, 5.74) is 2.76. The van der Waals surface area contributed by atoms with Crippen LogP contribution >= 0.6 is 11.8 Å². The van der Waals surface area contributed by atoms with Gasteiger partial charge >= 0.3 is 0 Å². The van der Waals surface area contributed by atoms with Gasteiger partial charge in [0, 0.05) is 16.0 Å². The van der Waals surface area contributed by atoms with Gasteiger partial charge in [-0.25, -0.2) is 0 Å². The van der Waals surface area contributed by atoms with Gasteiger partial charge in [-0.15, -0.1) is 11.8 Å². The highest BCUT2D eigenvalue weighted by molar-refractivity contribution is 7.98. The molecule has 0 bridgehead atoms. The summed E-state index contributed by atoms with van der Waals surface area (Å²) in [4.78, 5) is 1.38. The summed E-state index contributed by atoms with van der Waals surface area (Å²) in [7, 11) is 1.77. The van der Waals surface area contributed by atoms with E-state index in [1.807, 2.05) is 11.8 Å². The molecule has 0 amide bonds. The van der Waals surface area contributed by atoms with Crippen LogP contribution in [-0.4, -0.2) is 19.9 Å². The molecular formula is C15H23NOS. The van der Waals surface area contributed by atoms with Crippen LogP contribution in [0, 0.1) is 0 Å². The van der Waals surface area contributed by atoms with Gasteiger partial charge in [-0.2, -0.15) is 0 Å². The molecular weight excluding hydrogens is 242 g/mol. The van der Waals surface area contributed by atoms with Crippen LogP contribution in [0.15, 0.2) is 17.0 Å². The molecule has 1 aromatic carbocycles. The van der Waals surface area contributed by atoms with Crippen LogP contribution in [0.5, 0.6) is 5.75 Å². The van der Waals surface area contributed by atoms with E-state index >= 15 is 0 Å². The second-order valence-corrected chi connectivity index (χ2v) is 5.93. The number of hydrogen-bond acceptors (Lipinski definition) is 3. The lowest BCUT2D eigenvalue weighted by Gasteiger charge is -2.28. The monoisotopic (exact) mass is 265 g/mol. The molecule has 0 radical (unpaired) electrons. The Kier molecular flexibility index (Phi) is 4.23. The van der Waals surface area contributed by atoms with Crippen LogP contribution in [0.3, 0.4) is 0 Å². The Labute approximate surface area is 114 Å². The van der Waals surface area contributed by atoms with Gasteiger partial charge in [-0.1, -0.05) is 6.92 Å². The Morgan fingerprint density at radius 2 is 2.22 bits per heavy atom. The predicted octanol–water partition coefficient (Wildman–Crippen LogP) is 3.58. The first-order valence-corrected chi connectivity index (χ1v) is 7.87. The lowest BCUT2D eigenvalue weighted by molar-refractivity contribution is 0.369. The fraction of sp³-hybridized carbons (Fsp3) is 0.600. The van der Waals surface area contributed by atoms with Gasteiger partial charge in [-0.05, 0) is 56.7 Å². The number of hydrogen-bond donors (Lipinski definition) is 1. The molecule has 1 aliphatic heterocycles. The fourth-order valence-electron chi connectivity index (χ4n) is 2.79. The maximum atomic E-state index is 5.62. The molecule has 3 heteroatoms. The Bertz CT molecular complexity index is 425. The van der Waals surface area contributed by atoms with Crippen LogP contribution in [0.25, 0.3) is 0 Å². The van der Waals surface area contributed by atoms with Crippen molar-refractivity contribution in [2.24, 2.45) is 0 Å². The third-order valence-corrected chi connectivity index (χ3v) is 4.77. The standard InChI is InChI=1S/C15H23NOS/c1-5-11-9-13(17-3)12(10-14(11)18-4)15(2)7-6-8-16-15/h9-10,16H,5-8H2,1-4H3. The van der Waals surface area contributed by atoms with E-state index in [1.54, 1.807) is 7.11 Å². The number of methoxy groups -OCH3 is 1. The molecule has 1 saturated heterocycles. The number of nitrogens with one attached hydrogen (secondary N) is 1. The molecule has 1 unspecified atom stereocenters. The van der Waals surface area contributed by atoms with Crippen LogP contribution in [0.2, 0.25) is 0 Å². The average Bonchev–Trinajstić information content (AvgIpc) is 2.85. The van der Waals surface area contributed by atoms with Gasteiger partial charge in [-0.3, -0.25) is 0 Å². The minimum Gasteiger partial charge on any atom is -0.496 e. The van der Waals surface area contributed by atoms with E-state index in [-0.39, 0.29) is 5.54 Å². The van der Waals surface area contributed by atoms with E-state index in [1.165, 1.54) is 28.9 Å². The third kappa shape index (κ3) is 2.39. The molecule has 0 saturated carbocycles. The summed E-state index contributed by atoms with van der Waals surface area (Å²) in [6.45, 7) is 5.58. The molecule has 1 heterocycles. The molecule has 1 aliphatic rings. The highest BCUT2D eigenvalue weighted by atomic mass is 32.2. The van der Waals surface area contributed by atoms with Gasteiger partial charge in [0.05, 0.1) is 7.11 Å². The fourth-order valence-corrected chi connectivity index (χ4v) is 3.49. The zero-order valence-electron chi connectivity index (χ0n) is 11.8. The lowest BCUT2D eigenvalue weighted by atomic mass is 9.88. The minimum atomic E-state index is 0.0715. The van der Waals surface area contributed by atoms with Gasteiger partial charge in [0.15, 0.2) is 0 Å². The number of ether oxygens (including phenoxy) is 1. The molecule has 1 aromatic rings. The van der Waals surface area contributed by atoms with E-state index < -0.39 is 0 Å². The zero-order valence-corrected chi connectivity index (χ0v) is 12.6. The molecule has 100 valence electrons. The number of rotatable bonds is 4. The maximum Gasteiger partial charge on any atom is 0.124 e. The van der Waals surface area contributed by atoms with Gasteiger partial charge in [0.2, 0.25) is 0 Å². The molecule has 2 rings (SSSR count). The Balaban J connectivity index is 2.51. The second kappa shape index (κ2) is 5.54. The number of thioether (sulfide) groups is 1. The molecule has 1 N–H and O–H groups in total. The van der Waals surface area contributed by atoms with Crippen molar-refractivity contribution in [3.8, 4) is 5.75 Å². The number of benzene rings is 1.